The third-order valence-corrected chi connectivity index (χ3v) is 3.57. The van der Waals surface area contributed by atoms with Crippen LogP contribution in [0.2, 0.25) is 0 Å². The first kappa shape index (κ1) is 12.3. The number of thiocarbonyl (C=S) groups is 1. The average Bonchev–Trinajstić information content (AvgIpc) is 2.74. The summed E-state index contributed by atoms with van der Waals surface area (Å²) < 4.78 is 1.89. The van der Waals surface area contributed by atoms with Crippen LogP contribution in [0.15, 0.2) is 10.9 Å². The predicted octanol–water partition coefficient (Wildman–Crippen LogP) is 1.77. The van der Waals surface area contributed by atoms with Gasteiger partial charge in [-0.1, -0.05) is 25.6 Å². The van der Waals surface area contributed by atoms with Gasteiger partial charge in [0.05, 0.1) is 5.56 Å². The molecule has 0 amide bonds. The Morgan fingerprint density at radius 1 is 1.53 bits per heavy atom. The van der Waals surface area contributed by atoms with E-state index in [1.807, 2.05) is 10.6 Å². The highest BCUT2D eigenvalue weighted by molar-refractivity contribution is 7.80. The Kier molecular flexibility index (Phi) is 3.62. The molecule has 1 aliphatic rings. The van der Waals surface area contributed by atoms with Gasteiger partial charge in [-0.25, -0.2) is 0 Å². The fourth-order valence-corrected chi connectivity index (χ4v) is 2.59. The van der Waals surface area contributed by atoms with Gasteiger partial charge < -0.3 is 10.3 Å². The van der Waals surface area contributed by atoms with Crippen LogP contribution in [-0.2, 0) is 19.4 Å². The molecule has 2 N–H and O–H groups in total. The Labute approximate surface area is 107 Å². The standard InChI is InChI=1S/C13H18N2OS/c1-2-3-7-15-11-6-4-5-9(11)8-10(12(14)17)13(15)16/h8H,2-7H2,1H3,(H2,14,17). The van der Waals surface area contributed by atoms with Crippen molar-refractivity contribution in [2.45, 2.75) is 45.6 Å². The van der Waals surface area contributed by atoms with Crippen LogP contribution in [-0.4, -0.2) is 9.56 Å². The summed E-state index contributed by atoms with van der Waals surface area (Å²) in [6, 6.07) is 1.90. The van der Waals surface area contributed by atoms with E-state index in [4.69, 9.17) is 18.0 Å². The molecule has 0 radical (unpaired) electrons. The van der Waals surface area contributed by atoms with E-state index in [2.05, 4.69) is 6.92 Å². The van der Waals surface area contributed by atoms with Gasteiger partial charge in [0.1, 0.15) is 4.99 Å². The Morgan fingerprint density at radius 3 is 2.94 bits per heavy atom. The number of fused-ring (bicyclic) bond motifs is 1. The van der Waals surface area contributed by atoms with Crippen molar-refractivity contribution in [1.82, 2.24) is 4.57 Å². The Balaban J connectivity index is 2.54. The zero-order valence-corrected chi connectivity index (χ0v) is 11.0. The lowest BCUT2D eigenvalue weighted by atomic mass is 10.1. The van der Waals surface area contributed by atoms with Gasteiger partial charge in [-0.05, 0) is 37.3 Å². The fraction of sp³-hybridized carbons (Fsp3) is 0.538. The number of aromatic nitrogens is 1. The molecule has 0 bridgehead atoms. The Hall–Kier alpha value is -1.16. The van der Waals surface area contributed by atoms with Gasteiger partial charge >= 0.3 is 0 Å². The normalized spacial score (nSPS) is 13.7. The summed E-state index contributed by atoms with van der Waals surface area (Å²) in [5.41, 5.74) is 8.58. The highest BCUT2D eigenvalue weighted by Crippen LogP contribution is 2.21. The van der Waals surface area contributed by atoms with Crippen LogP contribution < -0.4 is 11.3 Å². The molecule has 0 unspecified atom stereocenters. The molecule has 17 heavy (non-hydrogen) atoms. The van der Waals surface area contributed by atoms with Crippen LogP contribution in [0.4, 0.5) is 0 Å². The summed E-state index contributed by atoms with van der Waals surface area (Å²) in [5, 5.41) is 0. The number of unbranched alkanes of at least 4 members (excludes halogenated alkanes) is 1. The van der Waals surface area contributed by atoms with Gasteiger partial charge in [0.2, 0.25) is 0 Å². The zero-order chi connectivity index (χ0) is 12.4. The zero-order valence-electron chi connectivity index (χ0n) is 10.2. The van der Waals surface area contributed by atoms with E-state index in [1.54, 1.807) is 0 Å². The molecule has 1 aliphatic carbocycles. The number of pyridine rings is 1. The van der Waals surface area contributed by atoms with Crippen molar-refractivity contribution in [3.8, 4) is 0 Å². The topological polar surface area (TPSA) is 48.0 Å². The van der Waals surface area contributed by atoms with E-state index in [0.29, 0.717) is 5.56 Å². The smallest absolute Gasteiger partial charge is 0.261 e. The minimum Gasteiger partial charge on any atom is -0.389 e. The number of hydrogen-bond donors (Lipinski definition) is 1. The van der Waals surface area contributed by atoms with Gasteiger partial charge in [-0.3, -0.25) is 4.79 Å². The van der Waals surface area contributed by atoms with Crippen molar-refractivity contribution in [2.24, 2.45) is 5.73 Å². The van der Waals surface area contributed by atoms with Crippen LogP contribution in [0, 0.1) is 0 Å². The van der Waals surface area contributed by atoms with E-state index in [-0.39, 0.29) is 10.5 Å². The summed E-state index contributed by atoms with van der Waals surface area (Å²) in [7, 11) is 0. The first-order valence-electron chi connectivity index (χ1n) is 6.20. The molecule has 3 nitrogen and oxygen atoms in total. The van der Waals surface area contributed by atoms with Gasteiger partial charge in [-0.2, -0.15) is 0 Å². The van der Waals surface area contributed by atoms with Gasteiger partial charge in [0, 0.05) is 12.2 Å². The number of rotatable bonds is 4. The molecule has 2 rings (SSSR count). The first-order valence-corrected chi connectivity index (χ1v) is 6.61. The predicted molar refractivity (Wildman–Crippen MR) is 73.5 cm³/mol. The van der Waals surface area contributed by atoms with Gasteiger partial charge in [-0.15, -0.1) is 0 Å². The third-order valence-electron chi connectivity index (χ3n) is 3.35. The summed E-state index contributed by atoms with van der Waals surface area (Å²) in [4.78, 5) is 12.5. The summed E-state index contributed by atoms with van der Waals surface area (Å²) in [6.07, 6.45) is 5.27. The second-order valence-electron chi connectivity index (χ2n) is 4.56. The minimum absolute atomic E-state index is 0.00778. The second-order valence-corrected chi connectivity index (χ2v) is 5.00. The SMILES string of the molecule is CCCCn1c2c(cc(C(N)=S)c1=O)CCC2. The molecule has 4 heteroatoms. The molecule has 1 heterocycles. The molecule has 0 aromatic carbocycles. The van der Waals surface area contributed by atoms with Crippen LogP contribution in [0.3, 0.4) is 0 Å². The summed E-state index contributed by atoms with van der Waals surface area (Å²) in [5.74, 6) is 0. The second kappa shape index (κ2) is 5.00. The van der Waals surface area contributed by atoms with Crippen molar-refractivity contribution >= 4 is 17.2 Å². The molecule has 0 aliphatic heterocycles. The average molecular weight is 250 g/mol. The molecule has 0 spiro atoms. The summed E-state index contributed by atoms with van der Waals surface area (Å²) >= 11 is 4.96. The molecular weight excluding hydrogens is 232 g/mol. The quantitative estimate of drug-likeness (QED) is 0.829. The molecular formula is C13H18N2OS. The highest BCUT2D eigenvalue weighted by Gasteiger charge is 2.19. The maximum atomic E-state index is 12.3. The molecule has 0 fully saturated rings. The number of nitrogens with two attached hydrogens (primary N) is 1. The van der Waals surface area contributed by atoms with Crippen molar-refractivity contribution in [3.05, 3.63) is 33.2 Å². The van der Waals surface area contributed by atoms with E-state index in [9.17, 15) is 4.79 Å². The van der Waals surface area contributed by atoms with Crippen LogP contribution >= 0.6 is 12.2 Å². The van der Waals surface area contributed by atoms with Crippen molar-refractivity contribution in [3.63, 3.8) is 0 Å². The number of aryl methyl sites for hydroxylation is 1. The molecule has 0 saturated heterocycles. The molecule has 1 aromatic rings. The van der Waals surface area contributed by atoms with Crippen LogP contribution in [0.5, 0.6) is 0 Å². The van der Waals surface area contributed by atoms with Crippen molar-refractivity contribution in [2.75, 3.05) is 0 Å². The minimum atomic E-state index is -0.00778. The first-order chi connectivity index (χ1) is 8.15. The van der Waals surface area contributed by atoms with Crippen LogP contribution in [0.1, 0.15) is 43.0 Å². The van der Waals surface area contributed by atoms with Gasteiger partial charge in [0.15, 0.2) is 0 Å². The lowest BCUT2D eigenvalue weighted by Crippen LogP contribution is -2.31. The lowest BCUT2D eigenvalue weighted by Gasteiger charge is -2.13. The van der Waals surface area contributed by atoms with E-state index in [1.165, 1.54) is 11.3 Å². The monoisotopic (exact) mass is 250 g/mol. The summed E-state index contributed by atoms with van der Waals surface area (Å²) in [6.45, 7) is 2.91. The maximum Gasteiger partial charge on any atom is 0.261 e. The molecule has 1 aromatic heterocycles. The van der Waals surface area contributed by atoms with E-state index >= 15 is 0 Å². The maximum absolute atomic E-state index is 12.3. The van der Waals surface area contributed by atoms with E-state index in [0.717, 1.165) is 38.6 Å². The largest absolute Gasteiger partial charge is 0.389 e. The van der Waals surface area contributed by atoms with Crippen LogP contribution in [0.25, 0.3) is 0 Å². The number of hydrogen-bond acceptors (Lipinski definition) is 2. The molecule has 0 atom stereocenters. The molecule has 92 valence electrons. The Morgan fingerprint density at radius 2 is 2.29 bits per heavy atom. The number of nitrogens with zero attached hydrogens (tertiary/aromatic N) is 1. The Bertz CT molecular complexity index is 505. The fourth-order valence-electron chi connectivity index (χ4n) is 2.45. The van der Waals surface area contributed by atoms with Crippen molar-refractivity contribution < 1.29 is 0 Å². The lowest BCUT2D eigenvalue weighted by molar-refractivity contribution is 0.589. The third kappa shape index (κ3) is 2.27. The molecule has 0 saturated carbocycles. The highest BCUT2D eigenvalue weighted by atomic mass is 32.1. The van der Waals surface area contributed by atoms with Gasteiger partial charge in [0.25, 0.3) is 5.56 Å². The van der Waals surface area contributed by atoms with Crippen molar-refractivity contribution in [1.29, 1.82) is 0 Å². The van der Waals surface area contributed by atoms with E-state index < -0.39 is 0 Å².